The van der Waals surface area contributed by atoms with E-state index in [-0.39, 0.29) is 18.9 Å². The second-order valence-corrected chi connectivity index (χ2v) is 7.85. The van der Waals surface area contributed by atoms with Gasteiger partial charge in [-0.2, -0.15) is 0 Å². The molecule has 1 amide bonds. The Morgan fingerprint density at radius 2 is 2.14 bits per heavy atom. The van der Waals surface area contributed by atoms with E-state index < -0.39 is 36.4 Å². The Kier molecular flexibility index (Phi) is 7.43. The van der Waals surface area contributed by atoms with E-state index in [1.807, 2.05) is 30.3 Å². The quantitative estimate of drug-likeness (QED) is 0.643. The molecular formula is C22H31NO6. The molecule has 7 nitrogen and oxygen atoms in total. The van der Waals surface area contributed by atoms with Gasteiger partial charge in [-0.25, -0.2) is 0 Å². The van der Waals surface area contributed by atoms with Crippen LogP contribution in [0.5, 0.6) is 0 Å². The molecule has 3 rings (SSSR count). The second-order valence-electron chi connectivity index (χ2n) is 7.85. The first-order valence-electron chi connectivity index (χ1n) is 10.1. The Hall–Kier alpha value is -1.77. The number of benzene rings is 1. The number of carbonyl (C=O) groups is 1. The maximum Gasteiger partial charge on any atom is 0.220 e. The summed E-state index contributed by atoms with van der Waals surface area (Å²) in [6.45, 7) is 7.89. The first-order valence-corrected chi connectivity index (χ1v) is 10.1. The number of ether oxygens (including phenoxy) is 4. The van der Waals surface area contributed by atoms with Crippen molar-refractivity contribution >= 4 is 5.91 Å². The highest BCUT2D eigenvalue weighted by atomic mass is 16.8. The van der Waals surface area contributed by atoms with E-state index in [4.69, 9.17) is 18.9 Å². The fourth-order valence-electron chi connectivity index (χ4n) is 3.57. The Labute approximate surface area is 172 Å². The van der Waals surface area contributed by atoms with Crippen LogP contribution in [0.25, 0.3) is 0 Å². The molecule has 29 heavy (non-hydrogen) atoms. The van der Waals surface area contributed by atoms with Gasteiger partial charge in [0, 0.05) is 6.42 Å². The fourth-order valence-corrected chi connectivity index (χ4v) is 3.57. The molecule has 160 valence electrons. The zero-order chi connectivity index (χ0) is 20.9. The summed E-state index contributed by atoms with van der Waals surface area (Å²) in [5, 5.41) is 13.8. The number of fused-ring (bicyclic) bond motifs is 1. The minimum Gasteiger partial charge on any atom is -0.388 e. The maximum atomic E-state index is 12.3. The summed E-state index contributed by atoms with van der Waals surface area (Å²) in [7, 11) is 0. The molecule has 1 aromatic carbocycles. The average molecular weight is 405 g/mol. The molecule has 0 radical (unpaired) electrons. The number of aliphatic hydroxyl groups is 1. The lowest BCUT2D eigenvalue weighted by Crippen LogP contribution is -2.68. The zero-order valence-corrected chi connectivity index (χ0v) is 17.1. The van der Waals surface area contributed by atoms with Crippen LogP contribution in [0.1, 0.15) is 32.3 Å². The smallest absolute Gasteiger partial charge is 0.220 e. The van der Waals surface area contributed by atoms with Crippen LogP contribution >= 0.6 is 0 Å². The molecule has 0 saturated carbocycles. The number of rotatable bonds is 8. The molecule has 0 unspecified atom stereocenters. The van der Waals surface area contributed by atoms with Gasteiger partial charge >= 0.3 is 0 Å². The van der Waals surface area contributed by atoms with Crippen LogP contribution in [0.15, 0.2) is 43.0 Å². The summed E-state index contributed by atoms with van der Waals surface area (Å²) >= 11 is 0. The van der Waals surface area contributed by atoms with Crippen molar-refractivity contribution in [1.82, 2.24) is 5.32 Å². The Morgan fingerprint density at radius 3 is 2.86 bits per heavy atom. The topological polar surface area (TPSA) is 86.3 Å². The van der Waals surface area contributed by atoms with Crippen molar-refractivity contribution in [2.24, 2.45) is 0 Å². The molecule has 2 aliphatic heterocycles. The van der Waals surface area contributed by atoms with E-state index in [1.165, 1.54) is 0 Å². The summed E-state index contributed by atoms with van der Waals surface area (Å²) in [6.07, 6.45) is 0.357. The molecule has 7 heteroatoms. The molecule has 2 saturated heterocycles. The number of hydrogen-bond donors (Lipinski definition) is 2. The first kappa shape index (κ1) is 21.9. The molecule has 0 aromatic heterocycles. The Bertz CT molecular complexity index is 679. The van der Waals surface area contributed by atoms with Crippen molar-refractivity contribution in [1.29, 1.82) is 0 Å². The van der Waals surface area contributed by atoms with Gasteiger partial charge in [-0.3, -0.25) is 4.79 Å². The van der Waals surface area contributed by atoms with Gasteiger partial charge in [0.25, 0.3) is 0 Å². The number of nitrogens with one attached hydrogen (secondary N) is 1. The van der Waals surface area contributed by atoms with Crippen molar-refractivity contribution in [2.75, 3.05) is 13.2 Å². The van der Waals surface area contributed by atoms with Gasteiger partial charge < -0.3 is 29.4 Å². The molecule has 5 atom stereocenters. The lowest BCUT2D eigenvalue weighted by Gasteiger charge is -2.49. The molecule has 0 bridgehead atoms. The van der Waals surface area contributed by atoms with Gasteiger partial charge in [0.15, 0.2) is 12.1 Å². The predicted octanol–water partition coefficient (Wildman–Crippen LogP) is 1.93. The van der Waals surface area contributed by atoms with Crippen molar-refractivity contribution in [3.63, 3.8) is 0 Å². The van der Waals surface area contributed by atoms with E-state index >= 15 is 0 Å². The summed E-state index contributed by atoms with van der Waals surface area (Å²) in [6, 6.07) is 9.22. The van der Waals surface area contributed by atoms with Crippen LogP contribution in [-0.4, -0.2) is 60.7 Å². The maximum absolute atomic E-state index is 12.3. The van der Waals surface area contributed by atoms with E-state index in [0.717, 1.165) is 5.56 Å². The summed E-state index contributed by atoms with van der Waals surface area (Å²) < 4.78 is 23.5. The first-order chi connectivity index (χ1) is 13.9. The minimum atomic E-state index is -0.980. The lowest BCUT2D eigenvalue weighted by atomic mass is 9.95. The van der Waals surface area contributed by atoms with Crippen LogP contribution in [0, 0.1) is 0 Å². The highest BCUT2D eigenvalue weighted by Crippen LogP contribution is 2.32. The van der Waals surface area contributed by atoms with Gasteiger partial charge in [0.2, 0.25) is 5.91 Å². The van der Waals surface area contributed by atoms with Crippen LogP contribution in [0.4, 0.5) is 0 Å². The van der Waals surface area contributed by atoms with Gasteiger partial charge in [-0.05, 0) is 32.3 Å². The third-order valence-corrected chi connectivity index (χ3v) is 5.11. The highest BCUT2D eigenvalue weighted by molar-refractivity contribution is 5.76. The Morgan fingerprint density at radius 1 is 1.38 bits per heavy atom. The number of hydrogen-bond acceptors (Lipinski definition) is 6. The fraction of sp³-hybridized carbons (Fsp3) is 0.591. The van der Waals surface area contributed by atoms with Gasteiger partial charge in [-0.1, -0.05) is 36.4 Å². The number of carbonyl (C=O) groups excluding carboxylic acids is 1. The lowest BCUT2D eigenvalue weighted by molar-refractivity contribution is -0.368. The molecule has 2 aliphatic rings. The van der Waals surface area contributed by atoms with Gasteiger partial charge in [0.05, 0.1) is 13.2 Å². The molecule has 2 fully saturated rings. The minimum absolute atomic E-state index is 0.195. The van der Waals surface area contributed by atoms with Crippen molar-refractivity contribution in [3.8, 4) is 0 Å². The van der Waals surface area contributed by atoms with Crippen molar-refractivity contribution in [2.45, 2.75) is 69.5 Å². The van der Waals surface area contributed by atoms with Crippen molar-refractivity contribution in [3.05, 3.63) is 48.6 Å². The SMILES string of the molecule is C=CCCC(=O)N[C@H]1[C@@H](OCCc2ccccc2)O[C@@H]2COC(C)(C)O[C@H]2[C@@H]1O. The Balaban J connectivity index is 1.67. The third-order valence-electron chi connectivity index (χ3n) is 5.11. The second kappa shape index (κ2) is 9.82. The summed E-state index contributed by atoms with van der Waals surface area (Å²) in [5.41, 5.74) is 1.14. The molecule has 2 heterocycles. The van der Waals surface area contributed by atoms with Gasteiger partial charge in [-0.15, -0.1) is 6.58 Å². The standard InChI is InChI=1S/C22H31NO6/c1-4-5-11-17(24)23-18-19(25)20-16(14-27-22(2,3)29-20)28-21(18)26-13-12-15-9-7-6-8-10-15/h4,6-10,16,18-21,25H,1,5,11-14H2,2-3H3,(H,23,24)/t16-,18-,19-,20-,21+/m1/s1. The summed E-state index contributed by atoms with van der Waals surface area (Å²) in [5.74, 6) is -1.02. The number of aliphatic hydroxyl groups excluding tert-OH is 1. The molecule has 2 N–H and O–H groups in total. The monoisotopic (exact) mass is 405 g/mol. The zero-order valence-electron chi connectivity index (χ0n) is 17.1. The van der Waals surface area contributed by atoms with Crippen molar-refractivity contribution < 1.29 is 28.8 Å². The third kappa shape index (κ3) is 5.87. The van der Waals surface area contributed by atoms with Crippen LogP contribution in [0.2, 0.25) is 0 Å². The molecule has 1 aromatic rings. The highest BCUT2D eigenvalue weighted by Gasteiger charge is 2.51. The average Bonchev–Trinajstić information content (AvgIpc) is 2.70. The predicted molar refractivity (Wildman–Crippen MR) is 107 cm³/mol. The van der Waals surface area contributed by atoms with E-state index in [2.05, 4.69) is 11.9 Å². The molecular weight excluding hydrogens is 374 g/mol. The van der Waals surface area contributed by atoms with E-state index in [0.29, 0.717) is 19.4 Å². The molecule has 0 spiro atoms. The largest absolute Gasteiger partial charge is 0.388 e. The van der Waals surface area contributed by atoms with E-state index in [1.54, 1.807) is 19.9 Å². The van der Waals surface area contributed by atoms with E-state index in [9.17, 15) is 9.90 Å². The summed E-state index contributed by atoms with van der Waals surface area (Å²) in [4.78, 5) is 12.3. The normalized spacial score (nSPS) is 30.9. The molecule has 0 aliphatic carbocycles. The van der Waals surface area contributed by atoms with Crippen LogP contribution in [0.3, 0.4) is 0 Å². The van der Waals surface area contributed by atoms with Crippen LogP contribution < -0.4 is 5.32 Å². The van der Waals surface area contributed by atoms with Gasteiger partial charge in [0.1, 0.15) is 24.4 Å². The number of amides is 1. The number of allylic oxidation sites excluding steroid dienone is 1. The van der Waals surface area contributed by atoms with Crippen LogP contribution in [-0.2, 0) is 30.2 Å².